The van der Waals surface area contributed by atoms with E-state index in [2.05, 4.69) is 27.0 Å². The molecule has 2 aliphatic carbocycles. The molecule has 0 aromatic carbocycles. The van der Waals surface area contributed by atoms with Gasteiger partial charge in [0.25, 0.3) is 0 Å². The fraction of sp³-hybridized carbons (Fsp3) is 0.900. The van der Waals surface area contributed by atoms with E-state index in [1.165, 1.54) is 57.8 Å². The average molecular weight is 305 g/mol. The molecule has 2 rings (SSSR count). The molecule has 0 aliphatic heterocycles. The van der Waals surface area contributed by atoms with Crippen molar-refractivity contribution in [3.63, 3.8) is 0 Å². The predicted molar refractivity (Wildman–Crippen MR) is 97.1 cm³/mol. The number of nitrogens with one attached hydrogen (secondary N) is 1. The molecule has 2 heteroatoms. The van der Waals surface area contributed by atoms with E-state index in [-0.39, 0.29) is 0 Å². The second kappa shape index (κ2) is 8.84. The van der Waals surface area contributed by atoms with E-state index in [9.17, 15) is 0 Å². The predicted octanol–water partition coefficient (Wildman–Crippen LogP) is 5.75. The van der Waals surface area contributed by atoms with Crippen LogP contribution in [0.5, 0.6) is 0 Å². The molecule has 0 saturated heterocycles. The summed E-state index contributed by atoms with van der Waals surface area (Å²) in [4.78, 5) is 5.05. The molecule has 2 aliphatic rings. The van der Waals surface area contributed by atoms with Crippen LogP contribution in [0.2, 0.25) is 0 Å². The summed E-state index contributed by atoms with van der Waals surface area (Å²) in [7, 11) is 0. The van der Waals surface area contributed by atoms with Crippen molar-refractivity contribution in [1.29, 1.82) is 5.41 Å². The number of nitrogens with zero attached hydrogens (tertiary/aromatic N) is 1. The lowest BCUT2D eigenvalue weighted by Gasteiger charge is -2.36. The first-order chi connectivity index (χ1) is 10.7. The van der Waals surface area contributed by atoms with Crippen LogP contribution in [0, 0.1) is 35.0 Å². The lowest BCUT2D eigenvalue weighted by molar-refractivity contribution is 0.187. The van der Waals surface area contributed by atoms with Gasteiger partial charge >= 0.3 is 0 Å². The quantitative estimate of drug-likeness (QED) is 0.606. The number of rotatable bonds is 6. The van der Waals surface area contributed by atoms with Crippen molar-refractivity contribution in [2.24, 2.45) is 34.6 Å². The molecule has 2 fully saturated rings. The van der Waals surface area contributed by atoms with Crippen molar-refractivity contribution in [3.8, 4) is 0 Å². The summed E-state index contributed by atoms with van der Waals surface area (Å²) in [6.07, 6.45) is 15.7. The van der Waals surface area contributed by atoms with E-state index in [1.54, 1.807) is 6.21 Å². The Morgan fingerprint density at radius 3 is 2.41 bits per heavy atom. The summed E-state index contributed by atoms with van der Waals surface area (Å²) in [6.45, 7) is 7.01. The van der Waals surface area contributed by atoms with Crippen LogP contribution in [0.15, 0.2) is 4.99 Å². The highest BCUT2D eigenvalue weighted by Crippen LogP contribution is 2.38. The van der Waals surface area contributed by atoms with Crippen molar-refractivity contribution in [2.45, 2.75) is 84.6 Å². The molecule has 0 bridgehead atoms. The monoisotopic (exact) mass is 304 g/mol. The molecule has 2 nitrogen and oxygen atoms in total. The minimum Gasteiger partial charge on any atom is -0.313 e. The summed E-state index contributed by atoms with van der Waals surface area (Å²) in [5.41, 5.74) is 0. The Balaban J connectivity index is 2.02. The van der Waals surface area contributed by atoms with Gasteiger partial charge in [0.1, 0.15) is 0 Å². The van der Waals surface area contributed by atoms with Crippen molar-refractivity contribution in [3.05, 3.63) is 0 Å². The molecule has 0 heterocycles. The van der Waals surface area contributed by atoms with Crippen molar-refractivity contribution >= 4 is 12.4 Å². The van der Waals surface area contributed by atoms with Gasteiger partial charge < -0.3 is 5.41 Å². The van der Waals surface area contributed by atoms with Gasteiger partial charge in [-0.2, -0.15) is 0 Å². The highest BCUT2D eigenvalue weighted by molar-refractivity contribution is 5.64. The lowest BCUT2D eigenvalue weighted by atomic mass is 9.70. The third-order valence-electron chi connectivity index (χ3n) is 6.50. The fourth-order valence-electron chi connectivity index (χ4n) is 4.93. The van der Waals surface area contributed by atoms with Crippen LogP contribution in [0.4, 0.5) is 0 Å². The zero-order valence-electron chi connectivity index (χ0n) is 14.9. The Kier molecular flexibility index (Phi) is 7.11. The number of aliphatic imine (C=N–C) groups is 1. The Morgan fingerprint density at radius 1 is 0.955 bits per heavy atom. The summed E-state index contributed by atoms with van der Waals surface area (Å²) >= 11 is 0. The lowest BCUT2D eigenvalue weighted by Crippen LogP contribution is -2.31. The molecule has 6 atom stereocenters. The summed E-state index contributed by atoms with van der Waals surface area (Å²) in [5, 5.41) is 7.71. The Morgan fingerprint density at radius 2 is 1.77 bits per heavy atom. The molecular formula is C20H36N2. The standard InChI is InChI=1S/C20H36N2/c1-4-15-10-11-17(13-21)20(12-15)22-14-18-9-7-8-16(5-2)19(18)6-3/h13-21H,4-12H2,1-3H3. The third-order valence-corrected chi connectivity index (χ3v) is 6.50. The van der Waals surface area contributed by atoms with Gasteiger partial charge in [-0.05, 0) is 49.4 Å². The van der Waals surface area contributed by atoms with Crippen LogP contribution in [-0.4, -0.2) is 18.5 Å². The number of hydrogen-bond acceptors (Lipinski definition) is 2. The van der Waals surface area contributed by atoms with E-state index >= 15 is 0 Å². The van der Waals surface area contributed by atoms with Crippen LogP contribution in [0.3, 0.4) is 0 Å². The molecule has 126 valence electrons. The van der Waals surface area contributed by atoms with E-state index in [1.807, 2.05) is 0 Å². The molecule has 6 unspecified atom stereocenters. The average Bonchev–Trinajstić information content (AvgIpc) is 2.58. The summed E-state index contributed by atoms with van der Waals surface area (Å²) in [6, 6.07) is 0.385. The SMILES string of the molecule is CCC1CCC(C=N)C(N=CC2CCCC(CC)C2CC)C1. The van der Waals surface area contributed by atoms with E-state index in [4.69, 9.17) is 10.4 Å². The van der Waals surface area contributed by atoms with E-state index < -0.39 is 0 Å². The molecule has 22 heavy (non-hydrogen) atoms. The Bertz CT molecular complexity index is 363. The first-order valence-corrected chi connectivity index (χ1v) is 9.77. The first-order valence-electron chi connectivity index (χ1n) is 9.77. The molecule has 2 saturated carbocycles. The third kappa shape index (κ3) is 4.20. The molecular weight excluding hydrogens is 268 g/mol. The minimum absolute atomic E-state index is 0.385. The van der Waals surface area contributed by atoms with Crippen molar-refractivity contribution in [1.82, 2.24) is 0 Å². The maximum atomic E-state index is 7.71. The minimum atomic E-state index is 0.385. The van der Waals surface area contributed by atoms with E-state index in [0.29, 0.717) is 17.9 Å². The maximum Gasteiger partial charge on any atom is 0.0575 e. The van der Waals surface area contributed by atoms with Gasteiger partial charge in [0.15, 0.2) is 0 Å². The van der Waals surface area contributed by atoms with Crippen molar-refractivity contribution in [2.75, 3.05) is 0 Å². The number of hydrogen-bond donors (Lipinski definition) is 1. The van der Waals surface area contributed by atoms with E-state index in [0.717, 1.165) is 17.8 Å². The summed E-state index contributed by atoms with van der Waals surface area (Å²) in [5.74, 6) is 3.66. The van der Waals surface area contributed by atoms with Crippen LogP contribution in [0.1, 0.15) is 78.6 Å². The molecule has 1 N–H and O–H groups in total. The highest BCUT2D eigenvalue weighted by Gasteiger charge is 2.31. The van der Waals surface area contributed by atoms with Gasteiger partial charge in [-0.25, -0.2) is 0 Å². The highest BCUT2D eigenvalue weighted by atomic mass is 14.8. The van der Waals surface area contributed by atoms with Gasteiger partial charge in [0.2, 0.25) is 0 Å². The van der Waals surface area contributed by atoms with Crippen LogP contribution in [-0.2, 0) is 0 Å². The second-order valence-corrected chi connectivity index (χ2v) is 7.62. The topological polar surface area (TPSA) is 36.2 Å². The molecule has 0 radical (unpaired) electrons. The van der Waals surface area contributed by atoms with Gasteiger partial charge in [-0.1, -0.05) is 52.9 Å². The summed E-state index contributed by atoms with van der Waals surface area (Å²) < 4.78 is 0. The Labute approximate surface area is 137 Å². The van der Waals surface area contributed by atoms with Gasteiger partial charge in [-0.15, -0.1) is 0 Å². The fourth-order valence-corrected chi connectivity index (χ4v) is 4.93. The molecule has 0 aromatic rings. The van der Waals surface area contributed by atoms with Crippen LogP contribution < -0.4 is 0 Å². The largest absolute Gasteiger partial charge is 0.313 e. The molecule has 0 spiro atoms. The van der Waals surface area contributed by atoms with Crippen LogP contribution >= 0.6 is 0 Å². The zero-order valence-corrected chi connectivity index (χ0v) is 14.9. The normalized spacial score (nSPS) is 40.0. The Hall–Kier alpha value is -0.660. The van der Waals surface area contributed by atoms with Gasteiger partial charge in [-0.3, -0.25) is 4.99 Å². The van der Waals surface area contributed by atoms with Crippen molar-refractivity contribution < 1.29 is 0 Å². The maximum absolute atomic E-state index is 7.71. The molecule has 0 aromatic heterocycles. The van der Waals surface area contributed by atoms with Crippen LogP contribution in [0.25, 0.3) is 0 Å². The first kappa shape index (κ1) is 17.7. The van der Waals surface area contributed by atoms with Gasteiger partial charge in [0.05, 0.1) is 6.04 Å². The molecule has 0 amide bonds. The zero-order chi connectivity index (χ0) is 15.9. The smallest absolute Gasteiger partial charge is 0.0575 e. The van der Waals surface area contributed by atoms with Gasteiger partial charge in [0, 0.05) is 18.3 Å². The second-order valence-electron chi connectivity index (χ2n) is 7.62.